The number of esters is 1. The molecular formula is C6H9N3O4. The van der Waals surface area contributed by atoms with E-state index in [0.717, 1.165) is 6.92 Å². The molecule has 0 aliphatic rings. The molecule has 0 aromatic rings. The van der Waals surface area contributed by atoms with Crippen molar-refractivity contribution in [1.82, 2.24) is 5.01 Å². The zero-order chi connectivity index (χ0) is 10.3. The molecule has 0 unspecified atom stereocenters. The van der Waals surface area contributed by atoms with Crippen molar-refractivity contribution in [1.29, 1.82) is 5.26 Å². The fourth-order valence-corrected chi connectivity index (χ4v) is 0.538. The lowest BCUT2D eigenvalue weighted by molar-refractivity contribution is -0.662. The highest BCUT2D eigenvalue weighted by Crippen LogP contribution is 1.92. The highest BCUT2D eigenvalue weighted by molar-refractivity contribution is 5.65. The molecule has 0 aromatic heterocycles. The van der Waals surface area contributed by atoms with E-state index in [2.05, 4.69) is 4.74 Å². The van der Waals surface area contributed by atoms with Crippen LogP contribution in [0.15, 0.2) is 0 Å². The van der Waals surface area contributed by atoms with Gasteiger partial charge in [0.1, 0.15) is 0 Å². The molecule has 0 aromatic carbocycles. The van der Waals surface area contributed by atoms with Gasteiger partial charge in [0.05, 0.1) is 19.0 Å². The lowest BCUT2D eigenvalue weighted by Crippen LogP contribution is -2.33. The van der Waals surface area contributed by atoms with Crippen molar-refractivity contribution in [2.45, 2.75) is 13.3 Å². The van der Waals surface area contributed by atoms with Crippen molar-refractivity contribution in [2.24, 2.45) is 0 Å². The van der Waals surface area contributed by atoms with Crippen LogP contribution in [0.25, 0.3) is 0 Å². The fourth-order valence-electron chi connectivity index (χ4n) is 0.538. The van der Waals surface area contributed by atoms with E-state index in [1.807, 2.05) is 0 Å². The number of rotatable bonds is 5. The Hall–Kier alpha value is -1.84. The van der Waals surface area contributed by atoms with Crippen LogP contribution in [0, 0.1) is 21.4 Å². The molecule has 0 radical (unpaired) electrons. The molecule has 0 aliphatic heterocycles. The van der Waals surface area contributed by atoms with Gasteiger partial charge >= 0.3 is 5.97 Å². The number of nitro groups is 1. The molecule has 0 spiro atoms. The zero-order valence-electron chi connectivity index (χ0n) is 7.10. The van der Waals surface area contributed by atoms with Gasteiger partial charge in [-0.3, -0.25) is 4.79 Å². The Balaban J connectivity index is 3.89. The Bertz CT molecular complexity index is 235. The van der Waals surface area contributed by atoms with Crippen molar-refractivity contribution in [3.63, 3.8) is 0 Å². The standard InChI is InChI=1S/C6H9N3O4/c1-6(10)13-5-8(9(11)12)4-2-3-7/h2,4-5H2,1H3. The largest absolute Gasteiger partial charge is 0.439 e. The molecule has 0 saturated carbocycles. The molecule has 0 heterocycles. The van der Waals surface area contributed by atoms with Gasteiger partial charge in [0.15, 0.2) is 5.03 Å². The summed E-state index contributed by atoms with van der Waals surface area (Å²) in [5, 5.41) is 18.4. The summed E-state index contributed by atoms with van der Waals surface area (Å²) in [6.45, 7) is 0.670. The molecule has 0 aliphatic carbocycles. The first-order chi connectivity index (χ1) is 6.07. The highest BCUT2D eigenvalue weighted by atomic mass is 16.7. The van der Waals surface area contributed by atoms with Crippen LogP contribution in [0.2, 0.25) is 0 Å². The third kappa shape index (κ3) is 5.43. The monoisotopic (exact) mass is 187 g/mol. The molecular weight excluding hydrogens is 178 g/mol. The van der Waals surface area contributed by atoms with Gasteiger partial charge in [0.2, 0.25) is 6.73 Å². The van der Waals surface area contributed by atoms with Crippen LogP contribution < -0.4 is 0 Å². The number of hydrogen-bond acceptors (Lipinski definition) is 5. The van der Waals surface area contributed by atoms with Gasteiger partial charge in [0, 0.05) is 6.92 Å². The van der Waals surface area contributed by atoms with E-state index in [4.69, 9.17) is 5.26 Å². The Morgan fingerprint density at radius 2 is 2.38 bits per heavy atom. The van der Waals surface area contributed by atoms with E-state index in [1.54, 1.807) is 6.07 Å². The van der Waals surface area contributed by atoms with Crippen LogP contribution in [0.5, 0.6) is 0 Å². The molecule has 0 bridgehead atoms. The first kappa shape index (κ1) is 11.2. The van der Waals surface area contributed by atoms with Gasteiger partial charge in [-0.25, -0.2) is 10.1 Å². The molecule has 13 heavy (non-hydrogen) atoms. The lowest BCUT2D eigenvalue weighted by atomic mass is 10.5. The second-order valence-corrected chi connectivity index (χ2v) is 2.14. The number of nitriles is 1. The lowest BCUT2D eigenvalue weighted by Gasteiger charge is -2.11. The SMILES string of the molecule is CC(=O)OCN(CCC#N)[N+](=O)[O-]. The third-order valence-corrected chi connectivity index (χ3v) is 1.13. The summed E-state index contributed by atoms with van der Waals surface area (Å²) >= 11 is 0. The predicted octanol–water partition coefficient (Wildman–Crippen LogP) is -0.0856. The first-order valence-electron chi connectivity index (χ1n) is 3.47. The van der Waals surface area contributed by atoms with Crippen LogP contribution in [-0.4, -0.2) is 29.3 Å². The summed E-state index contributed by atoms with van der Waals surface area (Å²) < 4.78 is 4.40. The Morgan fingerprint density at radius 1 is 1.77 bits per heavy atom. The van der Waals surface area contributed by atoms with E-state index in [1.165, 1.54) is 0 Å². The molecule has 0 fully saturated rings. The summed E-state index contributed by atoms with van der Waals surface area (Å²) in [5.41, 5.74) is 0. The van der Waals surface area contributed by atoms with Crippen molar-refractivity contribution >= 4 is 5.97 Å². The molecule has 7 heteroatoms. The first-order valence-corrected chi connectivity index (χ1v) is 3.47. The number of carbonyl (C=O) groups excluding carboxylic acids is 1. The second kappa shape index (κ2) is 5.77. The summed E-state index contributed by atoms with van der Waals surface area (Å²) in [6.07, 6.45) is 0.0161. The van der Waals surface area contributed by atoms with Crippen molar-refractivity contribution < 1.29 is 14.6 Å². The average Bonchev–Trinajstić information content (AvgIpc) is 2.03. The molecule has 72 valence electrons. The van der Waals surface area contributed by atoms with Crippen molar-refractivity contribution in [3.05, 3.63) is 10.1 Å². The predicted molar refractivity (Wildman–Crippen MR) is 40.6 cm³/mol. The van der Waals surface area contributed by atoms with E-state index in [-0.39, 0.29) is 13.0 Å². The zero-order valence-corrected chi connectivity index (χ0v) is 7.10. The number of ether oxygens (including phenoxy) is 1. The number of nitrogens with zero attached hydrogens (tertiary/aromatic N) is 3. The van der Waals surface area contributed by atoms with Crippen LogP contribution >= 0.6 is 0 Å². The summed E-state index contributed by atoms with van der Waals surface area (Å²) in [6, 6.07) is 1.75. The van der Waals surface area contributed by atoms with E-state index in [0.29, 0.717) is 5.01 Å². The third-order valence-electron chi connectivity index (χ3n) is 1.13. The average molecular weight is 187 g/mol. The maximum atomic E-state index is 10.3. The topological polar surface area (TPSA) is 96.5 Å². The summed E-state index contributed by atoms with van der Waals surface area (Å²) in [7, 11) is 0. The quantitative estimate of drug-likeness (QED) is 0.258. The van der Waals surface area contributed by atoms with Crippen LogP contribution in [0.4, 0.5) is 0 Å². The minimum absolute atomic E-state index is 0.0161. The molecule has 0 amide bonds. The van der Waals surface area contributed by atoms with Crippen LogP contribution in [0.3, 0.4) is 0 Å². The molecule has 0 saturated heterocycles. The molecule has 0 N–H and O–H groups in total. The van der Waals surface area contributed by atoms with Gasteiger partial charge < -0.3 is 4.74 Å². The van der Waals surface area contributed by atoms with Gasteiger partial charge in [-0.2, -0.15) is 5.26 Å². The second-order valence-electron chi connectivity index (χ2n) is 2.14. The van der Waals surface area contributed by atoms with Crippen LogP contribution in [-0.2, 0) is 9.53 Å². The molecule has 0 atom stereocenters. The van der Waals surface area contributed by atoms with E-state index < -0.39 is 17.7 Å². The van der Waals surface area contributed by atoms with E-state index in [9.17, 15) is 14.9 Å². The van der Waals surface area contributed by atoms with Crippen molar-refractivity contribution in [3.8, 4) is 6.07 Å². The fraction of sp³-hybridized carbons (Fsp3) is 0.667. The van der Waals surface area contributed by atoms with Gasteiger partial charge in [-0.05, 0) is 0 Å². The number of hydrogen-bond donors (Lipinski definition) is 0. The summed E-state index contributed by atoms with van der Waals surface area (Å²) in [5.74, 6) is -0.594. The maximum Gasteiger partial charge on any atom is 0.304 e. The normalized spacial score (nSPS) is 8.62. The molecule has 7 nitrogen and oxygen atoms in total. The van der Waals surface area contributed by atoms with E-state index >= 15 is 0 Å². The Kier molecular flexibility index (Phi) is 4.95. The minimum atomic E-state index is -0.708. The van der Waals surface area contributed by atoms with Gasteiger partial charge in [0.25, 0.3) is 0 Å². The van der Waals surface area contributed by atoms with Gasteiger partial charge in [-0.1, -0.05) is 5.01 Å². The number of carbonyl (C=O) groups is 1. The van der Waals surface area contributed by atoms with Crippen LogP contribution in [0.1, 0.15) is 13.3 Å². The highest BCUT2D eigenvalue weighted by Gasteiger charge is 2.14. The minimum Gasteiger partial charge on any atom is -0.439 e. The number of hydrazine groups is 1. The summed E-state index contributed by atoms with van der Waals surface area (Å²) in [4.78, 5) is 20.6. The van der Waals surface area contributed by atoms with Crippen molar-refractivity contribution in [2.75, 3.05) is 13.3 Å². The molecule has 0 rings (SSSR count). The Labute approximate surface area is 74.6 Å². The van der Waals surface area contributed by atoms with Gasteiger partial charge in [-0.15, -0.1) is 0 Å². The smallest absolute Gasteiger partial charge is 0.304 e. The maximum absolute atomic E-state index is 10.3. The Morgan fingerprint density at radius 3 is 2.77 bits per heavy atom.